The van der Waals surface area contributed by atoms with Crippen LogP contribution in [0.1, 0.15) is 36.1 Å². The number of carbonyl (C=O) groups is 1. The Labute approximate surface area is 105 Å². The maximum Gasteiger partial charge on any atom is 0.359 e. The van der Waals surface area contributed by atoms with Crippen LogP contribution < -0.4 is 0 Å². The van der Waals surface area contributed by atoms with Gasteiger partial charge >= 0.3 is 5.97 Å². The molecule has 0 aliphatic carbocycles. The van der Waals surface area contributed by atoms with E-state index in [0.717, 1.165) is 5.52 Å². The first-order valence-electron chi connectivity index (χ1n) is 5.68. The number of methoxy groups -OCH3 is 1. The second kappa shape index (κ2) is 4.60. The highest BCUT2D eigenvalue weighted by molar-refractivity contribution is 6.04. The Balaban J connectivity index is 2.85. The first-order valence-corrected chi connectivity index (χ1v) is 5.68. The minimum absolute atomic E-state index is 0.144. The van der Waals surface area contributed by atoms with E-state index in [4.69, 9.17) is 4.74 Å². The van der Waals surface area contributed by atoms with Gasteiger partial charge < -0.3 is 4.74 Å². The molecule has 0 saturated heterocycles. The summed E-state index contributed by atoms with van der Waals surface area (Å²) < 4.78 is 6.55. The molecule has 0 aromatic carbocycles. The highest BCUT2D eigenvalue weighted by atomic mass is 16.5. The van der Waals surface area contributed by atoms with Gasteiger partial charge in [0.1, 0.15) is 0 Å². The predicted molar refractivity (Wildman–Crippen MR) is 69.3 cm³/mol. The molecule has 2 aromatic heterocycles. The molecule has 0 radical (unpaired) electrons. The highest BCUT2D eigenvalue weighted by Crippen LogP contribution is 2.25. The maximum atomic E-state index is 11.8. The lowest BCUT2D eigenvalue weighted by molar-refractivity contribution is 0.0595. The van der Waals surface area contributed by atoms with Crippen molar-refractivity contribution in [3.8, 4) is 0 Å². The van der Waals surface area contributed by atoms with Crippen LogP contribution in [0.15, 0.2) is 18.8 Å². The van der Waals surface area contributed by atoms with Crippen LogP contribution in [0.3, 0.4) is 0 Å². The summed E-state index contributed by atoms with van der Waals surface area (Å²) in [7, 11) is 1.34. The SMILES string of the molecule is C=Cc1nccc2c1c(C(=O)OC)nn2C(C)C. The molecule has 2 heterocycles. The topological polar surface area (TPSA) is 57.0 Å². The van der Waals surface area contributed by atoms with Crippen LogP contribution >= 0.6 is 0 Å². The molecule has 5 heteroatoms. The van der Waals surface area contributed by atoms with Crippen molar-refractivity contribution in [3.05, 3.63) is 30.2 Å². The fraction of sp³-hybridized carbons (Fsp3) is 0.308. The average Bonchev–Trinajstić information content (AvgIpc) is 2.77. The molecule has 0 aliphatic rings. The summed E-state index contributed by atoms with van der Waals surface area (Å²) in [5.74, 6) is -0.462. The molecule has 0 atom stereocenters. The number of esters is 1. The van der Waals surface area contributed by atoms with E-state index >= 15 is 0 Å². The standard InChI is InChI=1S/C13H15N3O2/c1-5-9-11-10(6-7-14-9)16(8(2)3)15-12(11)13(17)18-4/h5-8H,1H2,2-4H3. The van der Waals surface area contributed by atoms with Crippen molar-refractivity contribution in [1.82, 2.24) is 14.8 Å². The molecule has 0 amide bonds. The van der Waals surface area contributed by atoms with E-state index < -0.39 is 5.97 Å². The molecular weight excluding hydrogens is 230 g/mol. The lowest BCUT2D eigenvalue weighted by Crippen LogP contribution is -2.06. The van der Waals surface area contributed by atoms with Crippen molar-refractivity contribution in [3.63, 3.8) is 0 Å². The molecule has 0 saturated carbocycles. The van der Waals surface area contributed by atoms with Gasteiger partial charge in [-0.2, -0.15) is 5.10 Å². The third-order valence-electron chi connectivity index (χ3n) is 2.71. The second-order valence-electron chi connectivity index (χ2n) is 4.17. The summed E-state index contributed by atoms with van der Waals surface area (Å²) in [6.45, 7) is 7.71. The lowest BCUT2D eigenvalue weighted by Gasteiger charge is -2.06. The normalized spacial score (nSPS) is 10.9. The van der Waals surface area contributed by atoms with Crippen LogP contribution in [0.5, 0.6) is 0 Å². The molecular formula is C13H15N3O2. The zero-order valence-electron chi connectivity index (χ0n) is 10.7. The number of hydrogen-bond donors (Lipinski definition) is 0. The van der Waals surface area contributed by atoms with E-state index in [2.05, 4.69) is 16.7 Å². The summed E-state index contributed by atoms with van der Waals surface area (Å²) in [6.07, 6.45) is 3.29. The first-order chi connectivity index (χ1) is 8.60. The fourth-order valence-corrected chi connectivity index (χ4v) is 1.90. The minimum Gasteiger partial charge on any atom is -0.464 e. The largest absolute Gasteiger partial charge is 0.464 e. The van der Waals surface area contributed by atoms with Crippen molar-refractivity contribution >= 4 is 22.9 Å². The van der Waals surface area contributed by atoms with E-state index in [1.54, 1.807) is 17.0 Å². The predicted octanol–water partition coefficient (Wildman–Crippen LogP) is 2.44. The summed E-state index contributed by atoms with van der Waals surface area (Å²) >= 11 is 0. The number of hydrogen-bond acceptors (Lipinski definition) is 4. The molecule has 94 valence electrons. The van der Waals surface area contributed by atoms with E-state index in [9.17, 15) is 4.79 Å². The molecule has 0 bridgehead atoms. The van der Waals surface area contributed by atoms with Gasteiger partial charge in [0, 0.05) is 12.2 Å². The van der Waals surface area contributed by atoms with Gasteiger partial charge in [-0.3, -0.25) is 9.67 Å². The number of fused-ring (bicyclic) bond motifs is 1. The highest BCUT2D eigenvalue weighted by Gasteiger charge is 2.21. The van der Waals surface area contributed by atoms with Gasteiger partial charge in [0.05, 0.1) is 23.7 Å². The Morgan fingerprint density at radius 2 is 2.28 bits per heavy atom. The van der Waals surface area contributed by atoms with Crippen LogP contribution in [-0.4, -0.2) is 27.8 Å². The van der Waals surface area contributed by atoms with Gasteiger partial charge in [-0.25, -0.2) is 4.79 Å². The number of pyridine rings is 1. The Morgan fingerprint density at radius 3 is 2.83 bits per heavy atom. The zero-order chi connectivity index (χ0) is 13.3. The monoisotopic (exact) mass is 245 g/mol. The first kappa shape index (κ1) is 12.3. The molecule has 18 heavy (non-hydrogen) atoms. The van der Waals surface area contributed by atoms with Crippen molar-refractivity contribution in [2.45, 2.75) is 19.9 Å². The van der Waals surface area contributed by atoms with Crippen LogP contribution in [-0.2, 0) is 4.74 Å². The molecule has 5 nitrogen and oxygen atoms in total. The molecule has 2 aromatic rings. The third-order valence-corrected chi connectivity index (χ3v) is 2.71. The molecule has 0 aliphatic heterocycles. The molecule has 2 rings (SSSR count). The fourth-order valence-electron chi connectivity index (χ4n) is 1.90. The minimum atomic E-state index is -0.462. The van der Waals surface area contributed by atoms with E-state index in [0.29, 0.717) is 11.1 Å². The van der Waals surface area contributed by atoms with Crippen LogP contribution in [0.4, 0.5) is 0 Å². The Kier molecular flexibility index (Phi) is 3.14. The Bertz CT molecular complexity index is 614. The third kappa shape index (κ3) is 1.77. The van der Waals surface area contributed by atoms with Crippen molar-refractivity contribution in [2.75, 3.05) is 7.11 Å². The summed E-state index contributed by atoms with van der Waals surface area (Å²) in [5.41, 5.74) is 1.78. The molecule has 0 unspecified atom stereocenters. The number of nitrogens with zero attached hydrogens (tertiary/aromatic N) is 3. The Morgan fingerprint density at radius 1 is 1.56 bits per heavy atom. The van der Waals surface area contributed by atoms with Gasteiger partial charge in [-0.15, -0.1) is 0 Å². The Hall–Kier alpha value is -2.17. The van der Waals surface area contributed by atoms with Gasteiger partial charge in [0.2, 0.25) is 0 Å². The van der Waals surface area contributed by atoms with Crippen molar-refractivity contribution in [2.24, 2.45) is 0 Å². The molecule has 0 N–H and O–H groups in total. The number of ether oxygens (including phenoxy) is 1. The summed E-state index contributed by atoms with van der Waals surface area (Å²) in [5, 5.41) is 5.01. The summed E-state index contributed by atoms with van der Waals surface area (Å²) in [4.78, 5) is 16.0. The molecule has 0 spiro atoms. The number of rotatable bonds is 3. The molecule has 0 fully saturated rings. The lowest BCUT2D eigenvalue weighted by atomic mass is 10.2. The van der Waals surface area contributed by atoms with Crippen molar-refractivity contribution in [1.29, 1.82) is 0 Å². The van der Waals surface area contributed by atoms with Gasteiger partial charge in [0.25, 0.3) is 0 Å². The number of carbonyl (C=O) groups excluding carboxylic acids is 1. The number of aromatic nitrogens is 3. The summed E-state index contributed by atoms with van der Waals surface area (Å²) in [6, 6.07) is 1.98. The van der Waals surface area contributed by atoms with Crippen LogP contribution in [0.2, 0.25) is 0 Å². The van der Waals surface area contributed by atoms with E-state index in [-0.39, 0.29) is 11.7 Å². The van der Waals surface area contributed by atoms with Gasteiger partial charge in [-0.05, 0) is 26.0 Å². The smallest absolute Gasteiger partial charge is 0.359 e. The van der Waals surface area contributed by atoms with E-state index in [1.807, 2.05) is 19.9 Å². The van der Waals surface area contributed by atoms with E-state index in [1.165, 1.54) is 7.11 Å². The second-order valence-corrected chi connectivity index (χ2v) is 4.17. The van der Waals surface area contributed by atoms with Crippen molar-refractivity contribution < 1.29 is 9.53 Å². The van der Waals surface area contributed by atoms with Gasteiger partial charge in [0.15, 0.2) is 5.69 Å². The quantitative estimate of drug-likeness (QED) is 0.779. The zero-order valence-corrected chi connectivity index (χ0v) is 10.7. The maximum absolute atomic E-state index is 11.8. The van der Waals surface area contributed by atoms with Gasteiger partial charge in [-0.1, -0.05) is 6.58 Å². The van der Waals surface area contributed by atoms with Crippen LogP contribution in [0, 0.1) is 0 Å². The van der Waals surface area contributed by atoms with Crippen LogP contribution in [0.25, 0.3) is 17.0 Å². The average molecular weight is 245 g/mol.